The first-order valence-electron chi connectivity index (χ1n) is 8.89. The number of benzene rings is 2. The molecular weight excluding hydrogens is 402 g/mol. The van der Waals surface area contributed by atoms with Crippen LogP contribution in [-0.2, 0) is 4.79 Å². The van der Waals surface area contributed by atoms with Gasteiger partial charge in [-0.2, -0.15) is 5.10 Å². The first kappa shape index (κ1) is 20.8. The monoisotopic (exact) mass is 421 g/mol. The molecule has 0 unspecified atom stereocenters. The third kappa shape index (κ3) is 5.55. The number of carbonyl (C=O) groups is 2. The SMILES string of the molecule is COc1ccc(O)c(/C=N/NC(=O)C(=Cc2cccs2)NC(=O)c2ccccc2)c1. The van der Waals surface area contributed by atoms with E-state index in [0.717, 1.165) is 4.88 Å². The maximum absolute atomic E-state index is 12.6. The molecule has 2 aromatic carbocycles. The number of methoxy groups -OCH3 is 1. The lowest BCUT2D eigenvalue weighted by atomic mass is 10.2. The Balaban J connectivity index is 1.76. The molecule has 3 rings (SSSR count). The molecule has 1 aromatic heterocycles. The van der Waals surface area contributed by atoms with Crippen LogP contribution in [0.2, 0.25) is 0 Å². The van der Waals surface area contributed by atoms with E-state index in [4.69, 9.17) is 4.74 Å². The van der Waals surface area contributed by atoms with E-state index >= 15 is 0 Å². The van der Waals surface area contributed by atoms with Gasteiger partial charge in [-0.05, 0) is 47.9 Å². The Bertz CT molecular complexity index is 1080. The van der Waals surface area contributed by atoms with Gasteiger partial charge in [0.1, 0.15) is 17.2 Å². The molecule has 8 heteroatoms. The summed E-state index contributed by atoms with van der Waals surface area (Å²) in [6, 6.07) is 16.9. The second kappa shape index (κ2) is 10.0. The average molecular weight is 421 g/mol. The number of hydrogen-bond donors (Lipinski definition) is 3. The van der Waals surface area contributed by atoms with Crippen LogP contribution in [0, 0.1) is 0 Å². The molecule has 0 saturated heterocycles. The number of amides is 2. The number of ether oxygens (including phenoxy) is 1. The lowest BCUT2D eigenvalue weighted by Crippen LogP contribution is -2.32. The number of aromatic hydroxyl groups is 1. The van der Waals surface area contributed by atoms with Crippen molar-refractivity contribution in [2.75, 3.05) is 7.11 Å². The number of nitrogens with one attached hydrogen (secondary N) is 2. The van der Waals surface area contributed by atoms with Gasteiger partial charge in [-0.15, -0.1) is 11.3 Å². The van der Waals surface area contributed by atoms with Crippen LogP contribution in [0.4, 0.5) is 0 Å². The molecular formula is C22H19N3O4S. The van der Waals surface area contributed by atoms with Gasteiger partial charge in [0.15, 0.2) is 0 Å². The normalized spacial score (nSPS) is 11.3. The van der Waals surface area contributed by atoms with Crippen LogP contribution in [0.5, 0.6) is 11.5 Å². The number of nitrogens with zero attached hydrogens (tertiary/aromatic N) is 1. The first-order valence-corrected chi connectivity index (χ1v) is 9.77. The topological polar surface area (TPSA) is 100 Å². The van der Waals surface area contributed by atoms with Crippen LogP contribution < -0.4 is 15.5 Å². The Kier molecular flexibility index (Phi) is 6.96. The van der Waals surface area contributed by atoms with Crippen molar-refractivity contribution in [3.05, 3.63) is 87.7 Å². The van der Waals surface area contributed by atoms with E-state index < -0.39 is 11.8 Å². The molecule has 1 heterocycles. The fraction of sp³-hybridized carbons (Fsp3) is 0.0455. The van der Waals surface area contributed by atoms with Crippen molar-refractivity contribution in [2.45, 2.75) is 0 Å². The van der Waals surface area contributed by atoms with Crippen LogP contribution in [-0.4, -0.2) is 30.2 Å². The molecule has 0 atom stereocenters. The number of thiophene rings is 1. The quantitative estimate of drug-likeness (QED) is 0.309. The van der Waals surface area contributed by atoms with E-state index in [-0.39, 0.29) is 11.4 Å². The van der Waals surface area contributed by atoms with E-state index in [2.05, 4.69) is 15.8 Å². The maximum atomic E-state index is 12.6. The number of phenolic OH excluding ortho intramolecular Hbond substituents is 1. The van der Waals surface area contributed by atoms with Crippen molar-refractivity contribution in [2.24, 2.45) is 5.10 Å². The summed E-state index contributed by atoms with van der Waals surface area (Å²) in [6.07, 6.45) is 2.86. The summed E-state index contributed by atoms with van der Waals surface area (Å²) in [6.45, 7) is 0. The highest BCUT2D eigenvalue weighted by Gasteiger charge is 2.14. The molecule has 3 aromatic rings. The van der Waals surface area contributed by atoms with Crippen LogP contribution in [0.1, 0.15) is 20.8 Å². The summed E-state index contributed by atoms with van der Waals surface area (Å²) in [7, 11) is 1.51. The zero-order valence-electron chi connectivity index (χ0n) is 16.0. The third-order valence-corrected chi connectivity index (χ3v) is 4.78. The number of carbonyl (C=O) groups excluding carboxylic acids is 2. The highest BCUT2D eigenvalue weighted by Crippen LogP contribution is 2.21. The minimum atomic E-state index is -0.605. The number of hydrogen-bond acceptors (Lipinski definition) is 6. The summed E-state index contributed by atoms with van der Waals surface area (Å²) in [5.74, 6) is -0.496. The second-order valence-corrected chi connectivity index (χ2v) is 7.00. The summed E-state index contributed by atoms with van der Waals surface area (Å²) in [4.78, 5) is 25.9. The molecule has 0 fully saturated rings. The van der Waals surface area contributed by atoms with Crippen molar-refractivity contribution in [1.82, 2.24) is 10.7 Å². The fourth-order valence-corrected chi connectivity index (χ4v) is 3.10. The van der Waals surface area contributed by atoms with Gasteiger partial charge in [-0.25, -0.2) is 5.43 Å². The summed E-state index contributed by atoms with van der Waals surface area (Å²) in [5, 5.41) is 18.3. The molecule has 0 radical (unpaired) electrons. The molecule has 0 spiro atoms. The predicted octanol–water partition coefficient (Wildman–Crippen LogP) is 3.38. The lowest BCUT2D eigenvalue weighted by Gasteiger charge is -2.09. The molecule has 0 bridgehead atoms. The predicted molar refractivity (Wildman–Crippen MR) is 117 cm³/mol. The molecule has 152 valence electrons. The lowest BCUT2D eigenvalue weighted by molar-refractivity contribution is -0.117. The standard InChI is InChI=1S/C22H19N3O4S/c1-29-17-9-10-20(26)16(12-17)14-23-25-22(28)19(13-18-8-5-11-30-18)24-21(27)15-6-3-2-4-7-15/h2-14,26H,1H3,(H,24,27)(H,25,28)/b19-13?,23-14+. The van der Waals surface area contributed by atoms with Crippen LogP contribution in [0.3, 0.4) is 0 Å². The third-order valence-electron chi connectivity index (χ3n) is 3.96. The Morgan fingerprint density at radius 3 is 2.60 bits per heavy atom. The zero-order chi connectivity index (χ0) is 21.3. The van der Waals surface area contributed by atoms with Crippen molar-refractivity contribution in [1.29, 1.82) is 0 Å². The Labute approximate surface area is 177 Å². The van der Waals surface area contributed by atoms with Gasteiger partial charge in [-0.3, -0.25) is 9.59 Å². The highest BCUT2D eigenvalue weighted by atomic mass is 32.1. The summed E-state index contributed by atoms with van der Waals surface area (Å²) in [5.41, 5.74) is 3.20. The molecule has 0 aliphatic carbocycles. The van der Waals surface area contributed by atoms with E-state index in [1.807, 2.05) is 17.5 Å². The molecule has 3 N–H and O–H groups in total. The van der Waals surface area contributed by atoms with Gasteiger partial charge in [0.05, 0.1) is 13.3 Å². The van der Waals surface area contributed by atoms with Gasteiger partial charge in [-0.1, -0.05) is 24.3 Å². The Hall–Kier alpha value is -3.91. The van der Waals surface area contributed by atoms with Crippen LogP contribution in [0.25, 0.3) is 6.08 Å². The van der Waals surface area contributed by atoms with E-state index in [0.29, 0.717) is 16.9 Å². The molecule has 0 aliphatic rings. The molecule has 2 amide bonds. The van der Waals surface area contributed by atoms with Gasteiger partial charge in [0.25, 0.3) is 11.8 Å². The molecule has 30 heavy (non-hydrogen) atoms. The van der Waals surface area contributed by atoms with Gasteiger partial charge in [0.2, 0.25) is 0 Å². The minimum Gasteiger partial charge on any atom is -0.507 e. The van der Waals surface area contributed by atoms with Gasteiger partial charge >= 0.3 is 0 Å². The fourth-order valence-electron chi connectivity index (χ4n) is 2.44. The van der Waals surface area contributed by atoms with Crippen molar-refractivity contribution in [3.8, 4) is 11.5 Å². The minimum absolute atomic E-state index is 0.0134. The first-order chi connectivity index (χ1) is 14.6. The van der Waals surface area contributed by atoms with Crippen molar-refractivity contribution in [3.63, 3.8) is 0 Å². The largest absolute Gasteiger partial charge is 0.507 e. The second-order valence-electron chi connectivity index (χ2n) is 6.02. The van der Waals surface area contributed by atoms with Crippen molar-refractivity contribution >= 4 is 35.4 Å². The number of phenols is 1. The molecule has 0 saturated carbocycles. The molecule has 0 aliphatic heterocycles. The zero-order valence-corrected chi connectivity index (χ0v) is 16.8. The van der Waals surface area contributed by atoms with E-state index in [1.54, 1.807) is 48.5 Å². The number of rotatable bonds is 7. The van der Waals surface area contributed by atoms with Crippen molar-refractivity contribution < 1.29 is 19.4 Å². The maximum Gasteiger partial charge on any atom is 0.287 e. The Morgan fingerprint density at radius 2 is 1.90 bits per heavy atom. The van der Waals surface area contributed by atoms with Crippen LogP contribution in [0.15, 0.2) is 76.8 Å². The smallest absolute Gasteiger partial charge is 0.287 e. The van der Waals surface area contributed by atoms with Gasteiger partial charge < -0.3 is 15.2 Å². The molecule has 7 nitrogen and oxygen atoms in total. The summed E-state index contributed by atoms with van der Waals surface area (Å²) < 4.78 is 5.10. The van der Waals surface area contributed by atoms with E-state index in [1.165, 1.54) is 30.7 Å². The summed E-state index contributed by atoms with van der Waals surface area (Å²) >= 11 is 1.43. The van der Waals surface area contributed by atoms with E-state index in [9.17, 15) is 14.7 Å². The average Bonchev–Trinajstić information content (AvgIpc) is 3.28. The van der Waals surface area contributed by atoms with Gasteiger partial charge in [0, 0.05) is 16.0 Å². The Morgan fingerprint density at radius 1 is 1.10 bits per heavy atom. The van der Waals surface area contributed by atoms with Crippen LogP contribution >= 0.6 is 11.3 Å². The number of hydrazone groups is 1. The highest BCUT2D eigenvalue weighted by molar-refractivity contribution is 7.10.